The number of hydrogen-bond donors (Lipinski definition) is 1. The first-order valence-electron chi connectivity index (χ1n) is 5.53. The molecule has 0 amide bonds. The number of nitrogens with one attached hydrogen (secondary N) is 1. The molecule has 1 heterocycles. The molecule has 20 heavy (non-hydrogen) atoms. The molecule has 0 bridgehead atoms. The van der Waals surface area contributed by atoms with Crippen LogP contribution in [0.2, 0.25) is 5.02 Å². The van der Waals surface area contributed by atoms with Gasteiger partial charge in [-0.1, -0.05) is 11.6 Å². The Morgan fingerprint density at radius 3 is 2.40 bits per heavy atom. The van der Waals surface area contributed by atoms with Crippen LogP contribution in [-0.2, 0) is 6.18 Å². The molecule has 0 radical (unpaired) electrons. The fourth-order valence-electron chi connectivity index (χ4n) is 1.66. The van der Waals surface area contributed by atoms with Gasteiger partial charge in [-0.05, 0) is 30.3 Å². The highest BCUT2D eigenvalue weighted by Crippen LogP contribution is 2.34. The van der Waals surface area contributed by atoms with Crippen molar-refractivity contribution in [2.24, 2.45) is 0 Å². The average molecular weight is 305 g/mol. The molecule has 0 aliphatic heterocycles. The van der Waals surface area contributed by atoms with E-state index in [4.69, 9.17) is 11.6 Å². The minimum Gasteiger partial charge on any atom is -0.373 e. The number of halogens is 5. The van der Waals surface area contributed by atoms with Crippen LogP contribution in [0.3, 0.4) is 0 Å². The number of aromatic nitrogens is 1. The third-order valence-electron chi connectivity index (χ3n) is 2.62. The number of anilines is 1. The Labute approximate surface area is 117 Å². The van der Waals surface area contributed by atoms with Gasteiger partial charge in [0.2, 0.25) is 0 Å². The van der Waals surface area contributed by atoms with E-state index >= 15 is 0 Å². The summed E-state index contributed by atoms with van der Waals surface area (Å²) in [6.45, 7) is 0. The lowest BCUT2D eigenvalue weighted by molar-refractivity contribution is -0.137. The Hall–Kier alpha value is -1.82. The second-order valence-corrected chi connectivity index (χ2v) is 4.43. The molecule has 0 unspecified atom stereocenters. The SMILES string of the molecule is CNc1cc(C(F)(F)F)cc(-c2ccc(Cl)cc2F)n1. The summed E-state index contributed by atoms with van der Waals surface area (Å²) in [6, 6.07) is 5.36. The van der Waals surface area contributed by atoms with E-state index in [1.165, 1.54) is 19.2 Å². The molecule has 7 heteroatoms. The van der Waals surface area contributed by atoms with Gasteiger partial charge in [0.1, 0.15) is 11.6 Å². The van der Waals surface area contributed by atoms with Crippen LogP contribution >= 0.6 is 11.6 Å². The van der Waals surface area contributed by atoms with Crippen LogP contribution in [0, 0.1) is 5.82 Å². The van der Waals surface area contributed by atoms with Gasteiger partial charge in [0, 0.05) is 17.6 Å². The van der Waals surface area contributed by atoms with E-state index in [9.17, 15) is 17.6 Å². The topological polar surface area (TPSA) is 24.9 Å². The third-order valence-corrected chi connectivity index (χ3v) is 2.85. The van der Waals surface area contributed by atoms with E-state index in [0.717, 1.165) is 18.2 Å². The number of rotatable bonds is 2. The van der Waals surface area contributed by atoms with Crippen LogP contribution in [-0.4, -0.2) is 12.0 Å². The first-order chi connectivity index (χ1) is 9.31. The Kier molecular flexibility index (Phi) is 3.85. The van der Waals surface area contributed by atoms with Crippen LogP contribution in [0.4, 0.5) is 23.4 Å². The van der Waals surface area contributed by atoms with Crippen molar-refractivity contribution in [2.75, 3.05) is 12.4 Å². The summed E-state index contributed by atoms with van der Waals surface area (Å²) in [5.74, 6) is -0.726. The lowest BCUT2D eigenvalue weighted by Crippen LogP contribution is -2.07. The van der Waals surface area contributed by atoms with Gasteiger partial charge in [-0.25, -0.2) is 9.37 Å². The zero-order valence-electron chi connectivity index (χ0n) is 10.2. The van der Waals surface area contributed by atoms with E-state index in [1.54, 1.807) is 0 Å². The maximum Gasteiger partial charge on any atom is 0.416 e. The lowest BCUT2D eigenvalue weighted by Gasteiger charge is -2.12. The average Bonchev–Trinajstić information content (AvgIpc) is 2.37. The van der Waals surface area contributed by atoms with Crippen molar-refractivity contribution >= 4 is 17.4 Å². The molecular weight excluding hydrogens is 296 g/mol. The van der Waals surface area contributed by atoms with Crippen LogP contribution in [0.1, 0.15) is 5.56 Å². The van der Waals surface area contributed by atoms with Gasteiger partial charge in [0.25, 0.3) is 0 Å². The summed E-state index contributed by atoms with van der Waals surface area (Å²) < 4.78 is 52.2. The standard InChI is InChI=1S/C13H9ClF4N2/c1-19-12-5-7(13(16,17)18)4-11(20-12)9-3-2-8(14)6-10(9)15/h2-6H,1H3,(H,19,20). The highest BCUT2D eigenvalue weighted by Gasteiger charge is 2.32. The minimum atomic E-state index is -4.54. The first-order valence-corrected chi connectivity index (χ1v) is 5.91. The first kappa shape index (κ1) is 14.6. The maximum absolute atomic E-state index is 13.8. The smallest absolute Gasteiger partial charge is 0.373 e. The molecule has 2 rings (SSSR count). The molecule has 0 spiro atoms. The normalized spacial score (nSPS) is 11.5. The van der Waals surface area contributed by atoms with Crippen LogP contribution < -0.4 is 5.32 Å². The van der Waals surface area contributed by atoms with Gasteiger partial charge < -0.3 is 5.32 Å². The molecule has 1 aromatic heterocycles. The molecule has 0 fully saturated rings. The zero-order chi connectivity index (χ0) is 14.9. The number of alkyl halides is 3. The summed E-state index contributed by atoms with van der Waals surface area (Å²) in [5.41, 5.74) is -1.06. The third kappa shape index (κ3) is 3.01. The van der Waals surface area contributed by atoms with Crippen molar-refractivity contribution in [3.63, 3.8) is 0 Å². The number of benzene rings is 1. The predicted octanol–water partition coefficient (Wildman–Crippen LogP) is 4.60. The van der Waals surface area contributed by atoms with E-state index < -0.39 is 17.6 Å². The van der Waals surface area contributed by atoms with Gasteiger partial charge in [0.15, 0.2) is 0 Å². The van der Waals surface area contributed by atoms with Crippen molar-refractivity contribution in [3.05, 3.63) is 46.7 Å². The van der Waals surface area contributed by atoms with Gasteiger partial charge >= 0.3 is 6.18 Å². The van der Waals surface area contributed by atoms with Crippen molar-refractivity contribution in [1.29, 1.82) is 0 Å². The lowest BCUT2D eigenvalue weighted by atomic mass is 10.1. The molecule has 0 saturated carbocycles. The molecule has 0 aliphatic carbocycles. The van der Waals surface area contributed by atoms with Crippen molar-refractivity contribution < 1.29 is 17.6 Å². The molecule has 0 atom stereocenters. The predicted molar refractivity (Wildman–Crippen MR) is 69.2 cm³/mol. The van der Waals surface area contributed by atoms with Crippen molar-refractivity contribution in [1.82, 2.24) is 4.98 Å². The number of pyridine rings is 1. The monoisotopic (exact) mass is 304 g/mol. The van der Waals surface area contributed by atoms with Crippen LogP contribution in [0.15, 0.2) is 30.3 Å². The Morgan fingerprint density at radius 1 is 1.15 bits per heavy atom. The number of hydrogen-bond acceptors (Lipinski definition) is 2. The van der Waals surface area contributed by atoms with E-state index in [-0.39, 0.29) is 22.1 Å². The molecule has 0 saturated heterocycles. The van der Waals surface area contributed by atoms with E-state index in [0.29, 0.717) is 0 Å². The Balaban J connectivity index is 2.61. The summed E-state index contributed by atoms with van der Waals surface area (Å²) in [5, 5.41) is 2.68. The second-order valence-electron chi connectivity index (χ2n) is 4.00. The van der Waals surface area contributed by atoms with Crippen molar-refractivity contribution in [2.45, 2.75) is 6.18 Å². The molecule has 2 aromatic rings. The van der Waals surface area contributed by atoms with Gasteiger partial charge in [-0.3, -0.25) is 0 Å². The Bertz CT molecular complexity index is 641. The highest BCUT2D eigenvalue weighted by molar-refractivity contribution is 6.30. The fourth-order valence-corrected chi connectivity index (χ4v) is 1.82. The van der Waals surface area contributed by atoms with Crippen molar-refractivity contribution in [3.8, 4) is 11.3 Å². The van der Waals surface area contributed by atoms with Gasteiger partial charge in [-0.2, -0.15) is 13.2 Å². The quantitative estimate of drug-likeness (QED) is 0.820. The zero-order valence-corrected chi connectivity index (χ0v) is 11.0. The summed E-state index contributed by atoms with van der Waals surface area (Å²) in [7, 11) is 1.44. The molecule has 1 aromatic carbocycles. The highest BCUT2D eigenvalue weighted by atomic mass is 35.5. The molecule has 106 valence electrons. The second kappa shape index (κ2) is 5.28. The molecular formula is C13H9ClF4N2. The van der Waals surface area contributed by atoms with E-state index in [1.807, 2.05) is 0 Å². The van der Waals surface area contributed by atoms with E-state index in [2.05, 4.69) is 10.3 Å². The maximum atomic E-state index is 13.8. The molecule has 1 N–H and O–H groups in total. The van der Waals surface area contributed by atoms with Gasteiger partial charge in [-0.15, -0.1) is 0 Å². The Morgan fingerprint density at radius 2 is 1.85 bits per heavy atom. The van der Waals surface area contributed by atoms with Gasteiger partial charge in [0.05, 0.1) is 11.3 Å². The summed E-state index contributed by atoms with van der Waals surface area (Å²) >= 11 is 5.61. The summed E-state index contributed by atoms with van der Waals surface area (Å²) in [6.07, 6.45) is -4.54. The van der Waals surface area contributed by atoms with Crippen LogP contribution in [0.5, 0.6) is 0 Å². The fraction of sp³-hybridized carbons (Fsp3) is 0.154. The minimum absolute atomic E-state index is 0.00387. The largest absolute Gasteiger partial charge is 0.416 e. The number of nitrogens with zero attached hydrogens (tertiary/aromatic N) is 1. The molecule has 2 nitrogen and oxygen atoms in total. The molecule has 0 aliphatic rings. The van der Waals surface area contributed by atoms with Crippen LogP contribution in [0.25, 0.3) is 11.3 Å². The summed E-state index contributed by atoms with van der Waals surface area (Å²) in [4.78, 5) is 3.93.